The summed E-state index contributed by atoms with van der Waals surface area (Å²) in [5.74, 6) is 1.51. The number of methoxy groups -OCH3 is 1. The monoisotopic (exact) mass is 726 g/mol. The summed E-state index contributed by atoms with van der Waals surface area (Å²) in [6.45, 7) is 7.16. The van der Waals surface area contributed by atoms with Crippen molar-refractivity contribution in [2.24, 2.45) is 4.99 Å². The Kier molecular flexibility index (Phi) is 10.9. The van der Waals surface area contributed by atoms with E-state index in [0.717, 1.165) is 5.56 Å². The molecule has 0 fully saturated rings. The lowest BCUT2D eigenvalue weighted by molar-refractivity contribution is -0.136. The highest BCUT2D eigenvalue weighted by Gasteiger charge is 2.31. The van der Waals surface area contributed by atoms with E-state index in [0.29, 0.717) is 72.8 Å². The molecule has 46 heavy (non-hydrogen) atoms. The quantitative estimate of drug-likeness (QED) is 0.160. The lowest BCUT2D eigenvalue weighted by atomic mass is 9.97. The number of hydrogen-bond donors (Lipinski definition) is 0. The van der Waals surface area contributed by atoms with Gasteiger partial charge in [-0.3, -0.25) is 9.36 Å². The number of rotatable bonds is 12. The maximum atomic E-state index is 14.1. The number of ether oxygens (including phenoxy) is 5. The fraction of sp³-hybridized carbons (Fsp3) is 0.265. The van der Waals surface area contributed by atoms with Gasteiger partial charge in [-0.2, -0.15) is 0 Å². The van der Waals surface area contributed by atoms with Crippen molar-refractivity contribution >= 4 is 50.9 Å². The van der Waals surface area contributed by atoms with E-state index in [4.69, 9.17) is 35.3 Å². The molecule has 9 nitrogen and oxygen atoms in total. The molecule has 0 amide bonds. The van der Waals surface area contributed by atoms with E-state index >= 15 is 0 Å². The van der Waals surface area contributed by atoms with Crippen LogP contribution in [0.2, 0.25) is 5.02 Å². The molecule has 0 saturated heterocycles. The second-order valence-corrected chi connectivity index (χ2v) is 12.2. The molecule has 0 spiro atoms. The summed E-state index contributed by atoms with van der Waals surface area (Å²) < 4.78 is 31.3. The Hall–Kier alpha value is -4.06. The second-order valence-electron chi connectivity index (χ2n) is 9.89. The Morgan fingerprint density at radius 1 is 0.978 bits per heavy atom. The molecule has 0 unspecified atom stereocenters. The molecule has 240 valence electrons. The van der Waals surface area contributed by atoms with Crippen molar-refractivity contribution < 1.29 is 28.5 Å². The Balaban J connectivity index is 1.58. The standard InChI is InChI=1S/C34H32BrClN2O7S/c1-5-42-26-13-12-21(17-27(26)43-6-2)30-23(33(40)41-4)18-37-34-38(30)32(39)29(46-34)16-20-14-24(35)31(28(15-20)44-7-3)45-19-22-10-8-9-11-25(22)36/h8-18,30H,5-7,19H2,1-4H3/b29-16+/t30-/m1/s1. The third-order valence-corrected chi connectivity index (χ3v) is 8.92. The molecule has 5 rings (SSSR count). The topological polar surface area (TPSA) is 97.6 Å². The number of fused-ring (bicyclic) bond motifs is 1. The van der Waals surface area contributed by atoms with Crippen LogP contribution in [-0.4, -0.2) is 37.5 Å². The van der Waals surface area contributed by atoms with Crippen LogP contribution in [0.25, 0.3) is 6.08 Å². The zero-order valence-electron chi connectivity index (χ0n) is 25.7. The number of nitrogens with zero attached hydrogens (tertiary/aromatic N) is 2. The van der Waals surface area contributed by atoms with Gasteiger partial charge in [-0.1, -0.05) is 47.2 Å². The summed E-state index contributed by atoms with van der Waals surface area (Å²) in [6.07, 6.45) is 3.22. The number of benzene rings is 3. The van der Waals surface area contributed by atoms with Crippen molar-refractivity contribution in [1.29, 1.82) is 0 Å². The van der Waals surface area contributed by atoms with Gasteiger partial charge in [0.25, 0.3) is 5.56 Å². The van der Waals surface area contributed by atoms with Gasteiger partial charge < -0.3 is 23.7 Å². The van der Waals surface area contributed by atoms with Crippen LogP contribution >= 0.6 is 38.9 Å². The summed E-state index contributed by atoms with van der Waals surface area (Å²) in [7, 11) is 1.30. The summed E-state index contributed by atoms with van der Waals surface area (Å²) >= 11 is 11.2. The van der Waals surface area contributed by atoms with Crippen molar-refractivity contribution in [2.45, 2.75) is 33.4 Å². The number of carbonyl (C=O) groups is 1. The van der Waals surface area contributed by atoms with Gasteiger partial charge in [0.05, 0.1) is 47.6 Å². The number of thiazole rings is 1. The molecule has 0 radical (unpaired) electrons. The molecular weight excluding hydrogens is 696 g/mol. The lowest BCUT2D eigenvalue weighted by Gasteiger charge is -2.23. The van der Waals surface area contributed by atoms with Crippen LogP contribution in [0.4, 0.5) is 0 Å². The molecule has 2 heterocycles. The van der Waals surface area contributed by atoms with Crippen molar-refractivity contribution in [2.75, 3.05) is 26.9 Å². The molecule has 1 aliphatic rings. The van der Waals surface area contributed by atoms with Crippen molar-refractivity contribution in [3.05, 3.63) is 112 Å². The van der Waals surface area contributed by atoms with E-state index < -0.39 is 12.0 Å². The molecule has 12 heteroatoms. The van der Waals surface area contributed by atoms with Gasteiger partial charge in [0, 0.05) is 16.8 Å². The summed E-state index contributed by atoms with van der Waals surface area (Å²) in [6, 6.07) is 15.7. The fourth-order valence-corrected chi connectivity index (χ4v) is 6.71. The van der Waals surface area contributed by atoms with E-state index in [2.05, 4.69) is 20.9 Å². The zero-order valence-corrected chi connectivity index (χ0v) is 28.8. The van der Waals surface area contributed by atoms with E-state index in [1.165, 1.54) is 29.2 Å². The smallest absolute Gasteiger partial charge is 0.337 e. The van der Waals surface area contributed by atoms with E-state index in [9.17, 15) is 9.59 Å². The van der Waals surface area contributed by atoms with Gasteiger partial charge in [0.2, 0.25) is 0 Å². The number of halogens is 2. The van der Waals surface area contributed by atoms with Gasteiger partial charge in [0.15, 0.2) is 27.8 Å². The highest BCUT2D eigenvalue weighted by atomic mass is 79.9. The van der Waals surface area contributed by atoms with E-state index in [1.807, 2.05) is 63.2 Å². The van der Waals surface area contributed by atoms with E-state index in [1.54, 1.807) is 18.2 Å². The van der Waals surface area contributed by atoms with Crippen LogP contribution in [0.5, 0.6) is 23.0 Å². The van der Waals surface area contributed by atoms with Crippen molar-refractivity contribution in [3.8, 4) is 23.0 Å². The number of hydrogen-bond acceptors (Lipinski definition) is 9. The van der Waals surface area contributed by atoms with Crippen molar-refractivity contribution in [3.63, 3.8) is 0 Å². The molecule has 0 aliphatic carbocycles. The predicted octanol–water partition coefficient (Wildman–Crippen LogP) is 6.21. The zero-order chi connectivity index (χ0) is 32.8. The van der Waals surface area contributed by atoms with Crippen molar-refractivity contribution in [1.82, 2.24) is 4.57 Å². The fourth-order valence-electron chi connectivity index (χ4n) is 4.98. The highest BCUT2D eigenvalue weighted by molar-refractivity contribution is 9.10. The molecule has 0 bridgehead atoms. The van der Waals surface area contributed by atoms with Crippen LogP contribution in [0.1, 0.15) is 43.5 Å². The first-order valence-corrected chi connectivity index (χ1v) is 16.6. The molecule has 1 atom stereocenters. The largest absolute Gasteiger partial charge is 0.490 e. The maximum Gasteiger partial charge on any atom is 0.337 e. The van der Waals surface area contributed by atoms with Gasteiger partial charge in [-0.05, 0) is 84.2 Å². The average Bonchev–Trinajstić information content (AvgIpc) is 3.36. The molecular formula is C34H32BrClN2O7S. The SMILES string of the molecule is CCOc1ccc([C@@H]2C(C(=O)OC)=CN=c3s/c(=C/c4cc(Br)c(OCc5ccccc5Cl)c(OCC)c4)c(=O)n32)cc1OCC. The molecule has 1 aromatic heterocycles. The normalized spacial score (nSPS) is 14.2. The Bertz CT molecular complexity index is 1970. The van der Waals surface area contributed by atoms with Crippen LogP contribution in [0.3, 0.4) is 0 Å². The maximum absolute atomic E-state index is 14.1. The molecule has 3 aromatic carbocycles. The average molecular weight is 728 g/mol. The van der Waals surface area contributed by atoms with Crippen LogP contribution in [0.15, 0.2) is 80.6 Å². The minimum absolute atomic E-state index is 0.217. The molecule has 0 N–H and O–H groups in total. The summed E-state index contributed by atoms with van der Waals surface area (Å²) in [4.78, 5) is 31.9. The van der Waals surface area contributed by atoms with Gasteiger partial charge in [-0.15, -0.1) is 0 Å². The van der Waals surface area contributed by atoms with Gasteiger partial charge in [-0.25, -0.2) is 9.79 Å². The minimum Gasteiger partial charge on any atom is -0.490 e. The van der Waals surface area contributed by atoms with E-state index in [-0.39, 0.29) is 17.7 Å². The first kappa shape index (κ1) is 33.3. The lowest BCUT2D eigenvalue weighted by Crippen LogP contribution is -2.39. The minimum atomic E-state index is -0.799. The Morgan fingerprint density at radius 3 is 2.41 bits per heavy atom. The number of esters is 1. The van der Waals surface area contributed by atoms with Crippen LogP contribution < -0.4 is 33.8 Å². The van der Waals surface area contributed by atoms with Gasteiger partial charge >= 0.3 is 5.97 Å². The molecule has 0 saturated carbocycles. The first-order chi connectivity index (χ1) is 22.3. The summed E-state index contributed by atoms with van der Waals surface area (Å²) in [5, 5.41) is 0.608. The number of carbonyl (C=O) groups excluding carboxylic acids is 1. The summed E-state index contributed by atoms with van der Waals surface area (Å²) in [5.41, 5.74) is 2.09. The third-order valence-electron chi connectivity index (χ3n) is 6.97. The Morgan fingerprint density at radius 2 is 1.70 bits per heavy atom. The Labute approximate surface area is 283 Å². The predicted molar refractivity (Wildman–Crippen MR) is 181 cm³/mol. The molecule has 1 aliphatic heterocycles. The second kappa shape index (κ2) is 15.0. The molecule has 4 aromatic rings. The van der Waals surface area contributed by atoms with Crippen LogP contribution in [0, 0.1) is 0 Å². The third kappa shape index (κ3) is 7.01. The first-order valence-electron chi connectivity index (χ1n) is 14.6. The van der Waals surface area contributed by atoms with Gasteiger partial charge in [0.1, 0.15) is 6.61 Å². The highest BCUT2D eigenvalue weighted by Crippen LogP contribution is 2.38. The van der Waals surface area contributed by atoms with Crippen LogP contribution in [-0.2, 0) is 16.1 Å². The number of aromatic nitrogens is 1.